The van der Waals surface area contributed by atoms with Crippen molar-refractivity contribution in [1.82, 2.24) is 15.6 Å². The Balaban J connectivity index is 0.00000480. The Labute approximate surface area is 195 Å². The predicted octanol–water partition coefficient (Wildman–Crippen LogP) is 4.25. The van der Waals surface area contributed by atoms with E-state index in [2.05, 4.69) is 25.9 Å². The standard InChI is InChI=1S/C20H23F4N5O.HI/c1-3-25-19(26-9-8-18(30)29-17-7-4-13(2)11-27-17)28-12-14-5-6-15(21)10-16(14)20(22,23)24;/h4-7,10-11H,3,8-9,12H2,1-2H3,(H2,25,26,28)(H,27,29,30);1H. The van der Waals surface area contributed by atoms with Crippen LogP contribution in [-0.2, 0) is 17.5 Å². The summed E-state index contributed by atoms with van der Waals surface area (Å²) in [5, 5.41) is 8.43. The van der Waals surface area contributed by atoms with Crippen LogP contribution in [0.25, 0.3) is 0 Å². The molecular weight excluding hydrogens is 529 g/mol. The topological polar surface area (TPSA) is 78.4 Å². The first-order valence-corrected chi connectivity index (χ1v) is 9.29. The molecule has 6 nitrogen and oxygen atoms in total. The van der Waals surface area contributed by atoms with E-state index in [4.69, 9.17) is 0 Å². The molecular formula is C20H24F4IN5O. The molecule has 31 heavy (non-hydrogen) atoms. The Morgan fingerprint density at radius 2 is 1.90 bits per heavy atom. The fourth-order valence-electron chi connectivity index (χ4n) is 2.50. The number of pyridine rings is 1. The first-order chi connectivity index (χ1) is 14.2. The molecule has 0 bridgehead atoms. The van der Waals surface area contributed by atoms with Gasteiger partial charge in [-0.15, -0.1) is 24.0 Å². The van der Waals surface area contributed by atoms with Crippen molar-refractivity contribution >= 4 is 41.7 Å². The molecule has 11 heteroatoms. The van der Waals surface area contributed by atoms with E-state index in [1.54, 1.807) is 19.2 Å². The van der Waals surface area contributed by atoms with Crippen molar-refractivity contribution in [2.45, 2.75) is 33.0 Å². The summed E-state index contributed by atoms with van der Waals surface area (Å²) >= 11 is 0. The van der Waals surface area contributed by atoms with Gasteiger partial charge in [-0.25, -0.2) is 14.4 Å². The molecule has 1 aromatic carbocycles. The second-order valence-corrected chi connectivity index (χ2v) is 6.44. The van der Waals surface area contributed by atoms with E-state index in [9.17, 15) is 22.4 Å². The van der Waals surface area contributed by atoms with Crippen molar-refractivity contribution in [2.75, 3.05) is 18.4 Å². The lowest BCUT2D eigenvalue weighted by Gasteiger charge is -2.14. The lowest BCUT2D eigenvalue weighted by Crippen LogP contribution is -2.38. The van der Waals surface area contributed by atoms with Gasteiger partial charge in [0.05, 0.1) is 12.1 Å². The number of benzene rings is 1. The molecule has 0 saturated heterocycles. The quantitative estimate of drug-likeness (QED) is 0.208. The zero-order valence-corrected chi connectivity index (χ0v) is 19.3. The van der Waals surface area contributed by atoms with Crippen molar-refractivity contribution < 1.29 is 22.4 Å². The number of aromatic nitrogens is 1. The van der Waals surface area contributed by atoms with Gasteiger partial charge in [-0.1, -0.05) is 12.1 Å². The van der Waals surface area contributed by atoms with Gasteiger partial charge in [-0.3, -0.25) is 4.79 Å². The number of hydrogen-bond acceptors (Lipinski definition) is 3. The first kappa shape index (κ1) is 26.6. The van der Waals surface area contributed by atoms with Crippen molar-refractivity contribution in [3.63, 3.8) is 0 Å². The van der Waals surface area contributed by atoms with Crippen LogP contribution in [-0.4, -0.2) is 29.9 Å². The minimum atomic E-state index is -4.68. The number of nitrogens with zero attached hydrogens (tertiary/aromatic N) is 2. The second kappa shape index (κ2) is 12.4. The Kier molecular flexibility index (Phi) is 10.7. The van der Waals surface area contributed by atoms with E-state index in [0.29, 0.717) is 18.4 Å². The SMILES string of the molecule is CCNC(=NCc1ccc(F)cc1C(F)(F)F)NCCC(=O)Nc1ccc(C)cn1.I. The smallest absolute Gasteiger partial charge is 0.357 e. The van der Waals surface area contributed by atoms with Crippen LogP contribution < -0.4 is 16.0 Å². The van der Waals surface area contributed by atoms with Crippen LogP contribution in [0.4, 0.5) is 23.4 Å². The number of rotatable bonds is 7. The molecule has 0 aliphatic rings. The van der Waals surface area contributed by atoms with Gasteiger partial charge in [-0.05, 0) is 43.2 Å². The molecule has 0 spiro atoms. The number of amides is 1. The van der Waals surface area contributed by atoms with Gasteiger partial charge < -0.3 is 16.0 Å². The Bertz CT molecular complexity index is 888. The van der Waals surface area contributed by atoms with Crippen LogP contribution in [0.15, 0.2) is 41.5 Å². The fourth-order valence-corrected chi connectivity index (χ4v) is 2.50. The van der Waals surface area contributed by atoms with Gasteiger partial charge in [0.15, 0.2) is 5.96 Å². The van der Waals surface area contributed by atoms with Crippen LogP contribution >= 0.6 is 24.0 Å². The van der Waals surface area contributed by atoms with Gasteiger partial charge in [0, 0.05) is 25.7 Å². The largest absolute Gasteiger partial charge is 0.416 e. The maximum Gasteiger partial charge on any atom is 0.416 e. The van der Waals surface area contributed by atoms with E-state index >= 15 is 0 Å². The van der Waals surface area contributed by atoms with Crippen molar-refractivity contribution in [2.24, 2.45) is 4.99 Å². The summed E-state index contributed by atoms with van der Waals surface area (Å²) in [4.78, 5) is 20.2. The van der Waals surface area contributed by atoms with E-state index < -0.39 is 17.6 Å². The summed E-state index contributed by atoms with van der Waals surface area (Å²) in [5.41, 5.74) is -0.243. The van der Waals surface area contributed by atoms with Gasteiger partial charge in [0.1, 0.15) is 11.6 Å². The molecule has 1 aromatic heterocycles. The predicted molar refractivity (Wildman–Crippen MR) is 122 cm³/mol. The summed E-state index contributed by atoms with van der Waals surface area (Å²) in [6, 6.07) is 5.99. The van der Waals surface area contributed by atoms with Crippen LogP contribution in [0.5, 0.6) is 0 Å². The van der Waals surface area contributed by atoms with Crippen molar-refractivity contribution in [1.29, 1.82) is 0 Å². The Hall–Kier alpha value is -2.44. The van der Waals surface area contributed by atoms with E-state index in [1.165, 1.54) is 0 Å². The van der Waals surface area contributed by atoms with Gasteiger partial charge >= 0.3 is 6.18 Å². The van der Waals surface area contributed by atoms with Gasteiger partial charge in [0.25, 0.3) is 0 Å². The number of aliphatic imine (C=N–C) groups is 1. The zero-order valence-electron chi connectivity index (χ0n) is 17.0. The number of anilines is 1. The normalized spacial score (nSPS) is 11.5. The highest BCUT2D eigenvalue weighted by molar-refractivity contribution is 14.0. The molecule has 2 rings (SSSR count). The highest BCUT2D eigenvalue weighted by atomic mass is 127. The average Bonchev–Trinajstić information content (AvgIpc) is 2.68. The third kappa shape index (κ3) is 9.07. The minimum absolute atomic E-state index is 0. The zero-order chi connectivity index (χ0) is 22.1. The van der Waals surface area contributed by atoms with Crippen LogP contribution in [0.1, 0.15) is 30.0 Å². The van der Waals surface area contributed by atoms with Crippen LogP contribution in [0.2, 0.25) is 0 Å². The lowest BCUT2D eigenvalue weighted by atomic mass is 10.1. The summed E-state index contributed by atoms with van der Waals surface area (Å²) in [5.74, 6) is -0.555. The number of aryl methyl sites for hydroxylation is 1. The summed E-state index contributed by atoms with van der Waals surface area (Å²) in [7, 11) is 0. The molecule has 3 N–H and O–H groups in total. The Morgan fingerprint density at radius 3 is 2.52 bits per heavy atom. The number of guanidine groups is 1. The molecule has 0 unspecified atom stereocenters. The highest BCUT2D eigenvalue weighted by Crippen LogP contribution is 2.32. The van der Waals surface area contributed by atoms with Crippen LogP contribution in [0.3, 0.4) is 0 Å². The fraction of sp³-hybridized carbons (Fsp3) is 0.350. The molecule has 0 aliphatic carbocycles. The third-order valence-corrected chi connectivity index (χ3v) is 3.95. The number of carbonyl (C=O) groups is 1. The van der Waals surface area contributed by atoms with Gasteiger partial charge in [-0.2, -0.15) is 13.2 Å². The maximum atomic E-state index is 13.2. The maximum absolute atomic E-state index is 13.2. The molecule has 0 saturated carbocycles. The number of halogens is 5. The van der Waals surface area contributed by atoms with Crippen molar-refractivity contribution in [3.05, 3.63) is 59.0 Å². The minimum Gasteiger partial charge on any atom is -0.357 e. The third-order valence-electron chi connectivity index (χ3n) is 3.95. The first-order valence-electron chi connectivity index (χ1n) is 9.29. The molecule has 0 atom stereocenters. The number of alkyl halides is 3. The molecule has 0 aliphatic heterocycles. The molecule has 170 valence electrons. The molecule has 0 fully saturated rings. The molecule has 2 aromatic rings. The monoisotopic (exact) mass is 553 g/mol. The van der Waals surface area contributed by atoms with E-state index in [-0.39, 0.29) is 60.9 Å². The second-order valence-electron chi connectivity index (χ2n) is 6.44. The van der Waals surface area contributed by atoms with Crippen molar-refractivity contribution in [3.8, 4) is 0 Å². The highest BCUT2D eigenvalue weighted by Gasteiger charge is 2.33. The summed E-state index contributed by atoms with van der Waals surface area (Å²) in [6.07, 6.45) is -2.94. The van der Waals surface area contributed by atoms with Crippen LogP contribution in [0, 0.1) is 12.7 Å². The summed E-state index contributed by atoms with van der Waals surface area (Å²) < 4.78 is 52.5. The van der Waals surface area contributed by atoms with E-state index in [0.717, 1.165) is 17.7 Å². The van der Waals surface area contributed by atoms with Gasteiger partial charge in [0.2, 0.25) is 5.91 Å². The molecule has 1 amide bonds. The number of nitrogens with one attached hydrogen (secondary N) is 3. The Morgan fingerprint density at radius 1 is 1.16 bits per heavy atom. The molecule has 0 radical (unpaired) electrons. The summed E-state index contributed by atoms with van der Waals surface area (Å²) in [6.45, 7) is 4.06. The van der Waals surface area contributed by atoms with E-state index in [1.807, 2.05) is 13.0 Å². The molecule has 1 heterocycles. The number of hydrogen-bond donors (Lipinski definition) is 3. The average molecular weight is 553 g/mol. The number of carbonyl (C=O) groups excluding carboxylic acids is 1. The lowest BCUT2D eigenvalue weighted by molar-refractivity contribution is -0.138.